The lowest BCUT2D eigenvalue weighted by Gasteiger charge is -2.38. The van der Waals surface area contributed by atoms with Gasteiger partial charge in [-0.1, -0.05) is 26.7 Å². The molecule has 4 heteroatoms. The van der Waals surface area contributed by atoms with Gasteiger partial charge in [-0.3, -0.25) is 10.1 Å². The molecule has 0 spiro atoms. The van der Waals surface area contributed by atoms with Gasteiger partial charge in [0.25, 0.3) is 0 Å². The number of likely N-dealkylation sites (tertiary alicyclic amines) is 1. The van der Waals surface area contributed by atoms with Gasteiger partial charge in [0, 0.05) is 12.6 Å². The van der Waals surface area contributed by atoms with Crippen LogP contribution >= 0.6 is 0 Å². The molecule has 0 aromatic heterocycles. The van der Waals surface area contributed by atoms with Crippen LogP contribution in [-0.4, -0.2) is 54.1 Å². The van der Waals surface area contributed by atoms with Gasteiger partial charge in [0.05, 0.1) is 12.2 Å². The molecule has 0 aromatic rings. The van der Waals surface area contributed by atoms with Crippen molar-refractivity contribution in [3.05, 3.63) is 0 Å². The molecule has 19 heavy (non-hydrogen) atoms. The van der Waals surface area contributed by atoms with Crippen LogP contribution in [-0.2, 0) is 4.79 Å². The standard InChI is InChI=1S/C15H29N3O/c1-4-7-13-15(19)18(14(16-13)8-5-2)12-9-6-10-17(3)11-12/h12-14,16H,4-11H2,1-3H3. The van der Waals surface area contributed by atoms with Crippen LogP contribution < -0.4 is 5.32 Å². The molecule has 0 bridgehead atoms. The van der Waals surface area contributed by atoms with E-state index in [0.29, 0.717) is 11.9 Å². The number of carbonyl (C=O) groups is 1. The van der Waals surface area contributed by atoms with Crippen LogP contribution in [0.25, 0.3) is 0 Å². The van der Waals surface area contributed by atoms with E-state index in [1.54, 1.807) is 0 Å². The van der Waals surface area contributed by atoms with E-state index >= 15 is 0 Å². The van der Waals surface area contributed by atoms with E-state index in [1.807, 2.05) is 0 Å². The first-order valence-corrected chi connectivity index (χ1v) is 7.94. The summed E-state index contributed by atoms with van der Waals surface area (Å²) in [6, 6.07) is 0.478. The second kappa shape index (κ2) is 6.71. The molecule has 4 nitrogen and oxygen atoms in total. The van der Waals surface area contributed by atoms with Crippen LogP contribution in [0.5, 0.6) is 0 Å². The van der Waals surface area contributed by atoms with Crippen LogP contribution in [0, 0.1) is 0 Å². The van der Waals surface area contributed by atoms with Gasteiger partial charge in [0.15, 0.2) is 0 Å². The molecule has 2 saturated heterocycles. The lowest BCUT2D eigenvalue weighted by atomic mass is 10.0. The highest BCUT2D eigenvalue weighted by Crippen LogP contribution is 2.25. The minimum atomic E-state index is 0.0637. The molecule has 0 aliphatic carbocycles. The third-order valence-electron chi connectivity index (χ3n) is 4.41. The van der Waals surface area contributed by atoms with Crippen LogP contribution in [0.2, 0.25) is 0 Å². The molecule has 1 N–H and O–H groups in total. The number of nitrogens with zero attached hydrogens (tertiary/aromatic N) is 2. The fourth-order valence-electron chi connectivity index (χ4n) is 3.51. The minimum absolute atomic E-state index is 0.0637. The lowest BCUT2D eigenvalue weighted by Crippen LogP contribution is -2.51. The highest BCUT2D eigenvalue weighted by Gasteiger charge is 2.42. The number of hydrogen-bond donors (Lipinski definition) is 1. The van der Waals surface area contributed by atoms with Crippen LogP contribution in [0.4, 0.5) is 0 Å². The molecule has 0 radical (unpaired) electrons. The summed E-state index contributed by atoms with van der Waals surface area (Å²) in [7, 11) is 2.17. The summed E-state index contributed by atoms with van der Waals surface area (Å²) in [5.41, 5.74) is 0. The molecule has 0 aromatic carbocycles. The number of hydrogen-bond acceptors (Lipinski definition) is 3. The van der Waals surface area contributed by atoms with Gasteiger partial charge in [-0.15, -0.1) is 0 Å². The van der Waals surface area contributed by atoms with Crippen molar-refractivity contribution < 1.29 is 4.79 Å². The SMILES string of the molecule is CCCC1NC(CCC)N(C2CCCN(C)C2)C1=O. The van der Waals surface area contributed by atoms with E-state index in [2.05, 4.69) is 36.0 Å². The van der Waals surface area contributed by atoms with E-state index in [0.717, 1.165) is 38.6 Å². The monoisotopic (exact) mass is 267 g/mol. The van der Waals surface area contributed by atoms with Gasteiger partial charge >= 0.3 is 0 Å². The Morgan fingerprint density at radius 2 is 2.00 bits per heavy atom. The lowest BCUT2D eigenvalue weighted by molar-refractivity contribution is -0.133. The average Bonchev–Trinajstić information content (AvgIpc) is 2.67. The van der Waals surface area contributed by atoms with Crippen molar-refractivity contribution >= 4 is 5.91 Å². The van der Waals surface area contributed by atoms with Crippen molar-refractivity contribution in [1.29, 1.82) is 0 Å². The van der Waals surface area contributed by atoms with Crippen LogP contribution in [0.1, 0.15) is 52.4 Å². The third kappa shape index (κ3) is 3.29. The molecule has 110 valence electrons. The highest BCUT2D eigenvalue weighted by atomic mass is 16.2. The normalized spacial score (nSPS) is 33.1. The zero-order valence-corrected chi connectivity index (χ0v) is 12.7. The first kappa shape index (κ1) is 14.8. The highest BCUT2D eigenvalue weighted by molar-refractivity contribution is 5.84. The first-order valence-electron chi connectivity index (χ1n) is 7.94. The Morgan fingerprint density at radius 1 is 1.26 bits per heavy atom. The number of likely N-dealkylation sites (N-methyl/N-ethyl adjacent to an activating group) is 1. The zero-order valence-electron chi connectivity index (χ0n) is 12.7. The predicted molar refractivity (Wildman–Crippen MR) is 77.9 cm³/mol. The minimum Gasteiger partial charge on any atom is -0.322 e. The first-order chi connectivity index (χ1) is 9.17. The van der Waals surface area contributed by atoms with Crippen molar-refractivity contribution in [2.24, 2.45) is 0 Å². The Balaban J connectivity index is 2.07. The van der Waals surface area contributed by atoms with E-state index < -0.39 is 0 Å². The van der Waals surface area contributed by atoms with E-state index in [1.165, 1.54) is 13.0 Å². The largest absolute Gasteiger partial charge is 0.322 e. The topological polar surface area (TPSA) is 35.6 Å². The number of carbonyl (C=O) groups excluding carboxylic acids is 1. The molecular formula is C15H29N3O. The van der Waals surface area contributed by atoms with Crippen molar-refractivity contribution in [1.82, 2.24) is 15.1 Å². The Hall–Kier alpha value is -0.610. The van der Waals surface area contributed by atoms with Gasteiger partial charge in [-0.2, -0.15) is 0 Å². The van der Waals surface area contributed by atoms with Gasteiger partial charge in [0.1, 0.15) is 0 Å². The van der Waals surface area contributed by atoms with Crippen molar-refractivity contribution in [2.75, 3.05) is 20.1 Å². The summed E-state index contributed by atoms with van der Waals surface area (Å²) in [5.74, 6) is 0.348. The van der Waals surface area contributed by atoms with Crippen molar-refractivity contribution in [2.45, 2.75) is 70.6 Å². The number of piperidine rings is 1. The second-order valence-electron chi connectivity index (χ2n) is 6.12. The van der Waals surface area contributed by atoms with Gasteiger partial charge in [-0.05, 0) is 39.3 Å². The number of nitrogens with one attached hydrogen (secondary N) is 1. The summed E-state index contributed by atoms with van der Waals surface area (Å²) >= 11 is 0. The van der Waals surface area contributed by atoms with Gasteiger partial charge in [-0.25, -0.2) is 0 Å². The van der Waals surface area contributed by atoms with E-state index in [-0.39, 0.29) is 12.2 Å². The maximum Gasteiger partial charge on any atom is 0.241 e. The summed E-state index contributed by atoms with van der Waals surface area (Å²) in [6.45, 7) is 6.56. The zero-order chi connectivity index (χ0) is 13.8. The van der Waals surface area contributed by atoms with E-state index in [4.69, 9.17) is 0 Å². The molecule has 3 unspecified atom stereocenters. The molecule has 2 aliphatic rings. The maximum absolute atomic E-state index is 12.6. The molecule has 2 heterocycles. The molecule has 1 amide bonds. The Bertz CT molecular complexity index is 308. The summed E-state index contributed by atoms with van der Waals surface area (Å²) in [4.78, 5) is 17.2. The predicted octanol–water partition coefficient (Wildman–Crippen LogP) is 1.81. The van der Waals surface area contributed by atoms with Crippen LogP contribution in [0.3, 0.4) is 0 Å². The second-order valence-corrected chi connectivity index (χ2v) is 6.12. The average molecular weight is 267 g/mol. The Labute approximate surface area is 117 Å². The third-order valence-corrected chi connectivity index (χ3v) is 4.41. The van der Waals surface area contributed by atoms with Gasteiger partial charge in [0.2, 0.25) is 5.91 Å². The molecule has 0 saturated carbocycles. The molecule has 3 atom stereocenters. The molecule has 2 fully saturated rings. The molecule has 2 aliphatic heterocycles. The summed E-state index contributed by atoms with van der Waals surface area (Å²) in [6.07, 6.45) is 6.89. The van der Waals surface area contributed by atoms with Gasteiger partial charge < -0.3 is 9.80 Å². The van der Waals surface area contributed by atoms with E-state index in [9.17, 15) is 4.79 Å². The van der Waals surface area contributed by atoms with Crippen LogP contribution in [0.15, 0.2) is 0 Å². The van der Waals surface area contributed by atoms with Crippen molar-refractivity contribution in [3.8, 4) is 0 Å². The maximum atomic E-state index is 12.6. The fraction of sp³-hybridized carbons (Fsp3) is 0.933. The Kier molecular flexibility index (Phi) is 5.22. The Morgan fingerprint density at radius 3 is 2.63 bits per heavy atom. The van der Waals surface area contributed by atoms with Crippen molar-refractivity contribution in [3.63, 3.8) is 0 Å². The quantitative estimate of drug-likeness (QED) is 0.825. The number of rotatable bonds is 5. The number of amides is 1. The smallest absolute Gasteiger partial charge is 0.241 e. The summed E-state index contributed by atoms with van der Waals surface area (Å²) < 4.78 is 0. The summed E-state index contributed by atoms with van der Waals surface area (Å²) in [5, 5.41) is 3.56. The molecular weight excluding hydrogens is 238 g/mol. The molecule has 2 rings (SSSR count). The fourth-order valence-corrected chi connectivity index (χ4v) is 3.51.